The number of hydrogen-bond acceptors (Lipinski definition) is 4. The Morgan fingerprint density at radius 1 is 1.38 bits per heavy atom. The smallest absolute Gasteiger partial charge is 0.356 e. The van der Waals surface area contributed by atoms with Gasteiger partial charge in [-0.3, -0.25) is 4.68 Å². The summed E-state index contributed by atoms with van der Waals surface area (Å²) in [5.41, 5.74) is 1.30. The number of rotatable bonds is 6. The van der Waals surface area contributed by atoms with Crippen LogP contribution in [0.25, 0.3) is 0 Å². The largest absolute Gasteiger partial charge is 0.461 e. The molecule has 1 heterocycles. The Kier molecular flexibility index (Phi) is 5.75. The molecule has 0 aliphatic heterocycles. The highest BCUT2D eigenvalue weighted by Gasteiger charge is 2.36. The van der Waals surface area contributed by atoms with E-state index in [4.69, 9.17) is 9.16 Å². The van der Waals surface area contributed by atoms with Crippen molar-refractivity contribution in [3.63, 3.8) is 0 Å². The maximum atomic E-state index is 11.9. The first-order valence-corrected chi connectivity index (χ1v) is 10.3. The van der Waals surface area contributed by atoms with Gasteiger partial charge in [0.05, 0.1) is 25.5 Å². The third kappa shape index (κ3) is 4.67. The second-order valence-corrected chi connectivity index (χ2v) is 11.5. The Labute approximate surface area is 128 Å². The quantitative estimate of drug-likeness (QED) is 0.597. The van der Waals surface area contributed by atoms with Gasteiger partial charge in [0.1, 0.15) is 5.69 Å². The summed E-state index contributed by atoms with van der Waals surface area (Å²) in [5.74, 6) is -0.328. The molecule has 0 unspecified atom stereocenters. The molecular weight excluding hydrogens is 284 g/mol. The van der Waals surface area contributed by atoms with E-state index in [-0.39, 0.29) is 11.0 Å². The highest BCUT2D eigenvalue weighted by molar-refractivity contribution is 6.74. The van der Waals surface area contributed by atoms with Crippen molar-refractivity contribution in [2.45, 2.75) is 59.3 Å². The second-order valence-electron chi connectivity index (χ2n) is 6.72. The number of aryl methyl sites for hydroxylation is 1. The summed E-state index contributed by atoms with van der Waals surface area (Å²) < 4.78 is 12.9. The Balaban J connectivity index is 2.70. The lowest BCUT2D eigenvalue weighted by molar-refractivity contribution is 0.0510. The van der Waals surface area contributed by atoms with Crippen LogP contribution in [0.15, 0.2) is 6.07 Å². The van der Waals surface area contributed by atoms with E-state index >= 15 is 0 Å². The molecule has 0 atom stereocenters. The number of esters is 1. The van der Waals surface area contributed by atoms with E-state index in [0.29, 0.717) is 25.5 Å². The van der Waals surface area contributed by atoms with Crippen molar-refractivity contribution in [1.82, 2.24) is 9.78 Å². The monoisotopic (exact) mass is 312 g/mol. The topological polar surface area (TPSA) is 53.3 Å². The van der Waals surface area contributed by atoms with Gasteiger partial charge in [0.15, 0.2) is 8.32 Å². The van der Waals surface area contributed by atoms with Gasteiger partial charge in [0.25, 0.3) is 0 Å². The molecule has 0 spiro atoms. The summed E-state index contributed by atoms with van der Waals surface area (Å²) in [4.78, 5) is 11.9. The molecule has 1 aromatic rings. The lowest BCUT2D eigenvalue weighted by atomic mass is 10.2. The van der Waals surface area contributed by atoms with E-state index in [0.717, 1.165) is 5.69 Å². The average molecular weight is 312 g/mol. The summed E-state index contributed by atoms with van der Waals surface area (Å²) in [6.45, 7) is 16.2. The Morgan fingerprint density at radius 3 is 2.52 bits per heavy atom. The summed E-state index contributed by atoms with van der Waals surface area (Å²) >= 11 is 0. The van der Waals surface area contributed by atoms with Crippen LogP contribution in [0, 0.1) is 6.92 Å². The molecule has 120 valence electrons. The summed E-state index contributed by atoms with van der Waals surface area (Å²) in [6.07, 6.45) is 0. The van der Waals surface area contributed by atoms with Gasteiger partial charge < -0.3 is 9.16 Å². The predicted octanol–water partition coefficient (Wildman–Crippen LogP) is 3.39. The van der Waals surface area contributed by atoms with Crippen LogP contribution in [0.3, 0.4) is 0 Å². The van der Waals surface area contributed by atoms with Crippen molar-refractivity contribution in [2.24, 2.45) is 0 Å². The highest BCUT2D eigenvalue weighted by atomic mass is 28.4. The van der Waals surface area contributed by atoms with Crippen molar-refractivity contribution < 1.29 is 14.0 Å². The molecule has 0 saturated heterocycles. The van der Waals surface area contributed by atoms with Gasteiger partial charge in [-0.05, 0) is 38.0 Å². The minimum atomic E-state index is -1.77. The zero-order valence-corrected chi connectivity index (χ0v) is 15.3. The number of aromatic nitrogens is 2. The molecule has 0 fully saturated rings. The standard InChI is InChI=1S/C15H28N2O3Si/c1-8-19-14(18)13-11-12(2)16-17(13)9-10-20-21(6,7)15(3,4)5/h11H,8-10H2,1-7H3. The van der Waals surface area contributed by atoms with Gasteiger partial charge in [0, 0.05) is 0 Å². The van der Waals surface area contributed by atoms with Crippen LogP contribution in [-0.4, -0.2) is 37.3 Å². The average Bonchev–Trinajstić information content (AvgIpc) is 2.69. The van der Waals surface area contributed by atoms with Crippen molar-refractivity contribution in [2.75, 3.05) is 13.2 Å². The first-order chi connectivity index (χ1) is 9.58. The lowest BCUT2D eigenvalue weighted by Crippen LogP contribution is -2.41. The van der Waals surface area contributed by atoms with Gasteiger partial charge in [-0.1, -0.05) is 20.8 Å². The summed E-state index contributed by atoms with van der Waals surface area (Å²) in [5, 5.41) is 4.52. The predicted molar refractivity (Wildman–Crippen MR) is 86.1 cm³/mol. The molecule has 0 aliphatic carbocycles. The molecule has 1 aromatic heterocycles. The third-order valence-electron chi connectivity index (χ3n) is 3.96. The molecule has 0 bridgehead atoms. The molecule has 1 rings (SSSR count). The molecule has 21 heavy (non-hydrogen) atoms. The van der Waals surface area contributed by atoms with E-state index in [1.807, 2.05) is 6.92 Å². The van der Waals surface area contributed by atoms with Crippen LogP contribution < -0.4 is 0 Å². The Hall–Kier alpha value is -1.14. The van der Waals surface area contributed by atoms with Crippen LogP contribution in [0.4, 0.5) is 0 Å². The van der Waals surface area contributed by atoms with Crippen molar-refractivity contribution in [3.8, 4) is 0 Å². The van der Waals surface area contributed by atoms with E-state index in [1.165, 1.54) is 0 Å². The van der Waals surface area contributed by atoms with Crippen LogP contribution in [-0.2, 0) is 15.7 Å². The Morgan fingerprint density at radius 2 is 2.00 bits per heavy atom. The van der Waals surface area contributed by atoms with Crippen LogP contribution in [0.1, 0.15) is 43.9 Å². The molecular formula is C15H28N2O3Si. The fourth-order valence-electron chi connectivity index (χ4n) is 1.69. The number of nitrogens with zero attached hydrogens (tertiary/aromatic N) is 2. The van der Waals surface area contributed by atoms with Crippen LogP contribution in [0.5, 0.6) is 0 Å². The zero-order valence-electron chi connectivity index (χ0n) is 14.3. The van der Waals surface area contributed by atoms with Gasteiger partial charge in [0.2, 0.25) is 0 Å². The minimum Gasteiger partial charge on any atom is -0.461 e. The molecule has 0 aromatic carbocycles. The van der Waals surface area contributed by atoms with Gasteiger partial charge in [-0.15, -0.1) is 0 Å². The van der Waals surface area contributed by atoms with E-state index in [1.54, 1.807) is 17.7 Å². The first-order valence-electron chi connectivity index (χ1n) is 7.44. The summed E-state index contributed by atoms with van der Waals surface area (Å²) in [6, 6.07) is 1.75. The van der Waals surface area contributed by atoms with Crippen molar-refractivity contribution >= 4 is 14.3 Å². The number of ether oxygens (including phenoxy) is 1. The van der Waals surface area contributed by atoms with E-state index < -0.39 is 8.32 Å². The second kappa shape index (κ2) is 6.75. The molecule has 0 N–H and O–H groups in total. The first kappa shape index (κ1) is 17.9. The van der Waals surface area contributed by atoms with E-state index in [9.17, 15) is 4.79 Å². The summed E-state index contributed by atoms with van der Waals surface area (Å²) in [7, 11) is -1.77. The van der Waals surface area contributed by atoms with Crippen molar-refractivity contribution in [3.05, 3.63) is 17.5 Å². The maximum absolute atomic E-state index is 11.9. The fraction of sp³-hybridized carbons (Fsp3) is 0.733. The molecule has 5 nitrogen and oxygen atoms in total. The fourth-order valence-corrected chi connectivity index (χ4v) is 2.72. The van der Waals surface area contributed by atoms with Gasteiger partial charge in [-0.2, -0.15) is 5.10 Å². The van der Waals surface area contributed by atoms with Gasteiger partial charge in [-0.25, -0.2) is 4.79 Å². The van der Waals surface area contributed by atoms with Crippen molar-refractivity contribution in [1.29, 1.82) is 0 Å². The number of carbonyl (C=O) groups excluding carboxylic acids is 1. The Bertz CT molecular complexity index is 490. The van der Waals surface area contributed by atoms with Crippen LogP contribution >= 0.6 is 0 Å². The highest BCUT2D eigenvalue weighted by Crippen LogP contribution is 2.36. The SMILES string of the molecule is CCOC(=O)c1cc(C)nn1CCO[Si](C)(C)C(C)(C)C. The van der Waals surface area contributed by atoms with Crippen LogP contribution in [0.2, 0.25) is 18.1 Å². The minimum absolute atomic E-state index is 0.178. The lowest BCUT2D eigenvalue weighted by Gasteiger charge is -2.36. The number of hydrogen-bond donors (Lipinski definition) is 0. The normalized spacial score (nSPS) is 12.5. The number of carbonyl (C=O) groups is 1. The molecule has 0 saturated carbocycles. The molecule has 0 aliphatic rings. The third-order valence-corrected chi connectivity index (χ3v) is 8.50. The zero-order chi connectivity index (χ0) is 16.3. The van der Waals surface area contributed by atoms with E-state index in [2.05, 4.69) is 39.0 Å². The maximum Gasteiger partial charge on any atom is 0.356 e. The van der Waals surface area contributed by atoms with Gasteiger partial charge >= 0.3 is 5.97 Å². The molecule has 0 radical (unpaired) electrons. The molecule has 6 heteroatoms. The molecule has 0 amide bonds.